The fraction of sp³-hybridized carbons (Fsp3) is 0.222. The molecule has 0 bridgehead atoms. The Morgan fingerprint density at radius 3 is 2.13 bits per heavy atom. The summed E-state index contributed by atoms with van der Waals surface area (Å²) in [6.45, 7) is 0. The van der Waals surface area contributed by atoms with Crippen LogP contribution in [0.5, 0.6) is 5.75 Å². The summed E-state index contributed by atoms with van der Waals surface area (Å²) in [7, 11) is 3.45. The summed E-state index contributed by atoms with van der Waals surface area (Å²) in [4.78, 5) is 0. The average Bonchev–Trinajstić information content (AvgIpc) is 2.18. The van der Waals surface area contributed by atoms with Crippen LogP contribution in [0, 0.1) is 7.05 Å². The van der Waals surface area contributed by atoms with Crippen molar-refractivity contribution in [1.82, 2.24) is 0 Å². The molecule has 0 radical (unpaired) electrons. The Bertz CT molecular complexity index is 312. The monoisotopic (exact) mass is 223 g/mol. The molecule has 0 aliphatic carbocycles. The second-order valence-corrected chi connectivity index (χ2v) is 2.74. The zero-order chi connectivity index (χ0) is 11.5. The van der Waals surface area contributed by atoms with Gasteiger partial charge in [-0.2, -0.15) is 17.6 Å². The van der Waals surface area contributed by atoms with E-state index in [4.69, 9.17) is 0 Å². The smallest absolute Gasteiger partial charge is 0.446 e. The first-order valence-corrected chi connectivity index (χ1v) is 4.03. The van der Waals surface area contributed by atoms with Gasteiger partial charge >= 0.3 is 12.5 Å². The van der Waals surface area contributed by atoms with E-state index in [1.807, 2.05) is 0 Å². The van der Waals surface area contributed by atoms with Gasteiger partial charge < -0.3 is 10.1 Å². The van der Waals surface area contributed by atoms with E-state index in [1.54, 1.807) is 0 Å². The molecule has 0 fully saturated rings. The summed E-state index contributed by atoms with van der Waals surface area (Å²) in [6, 6.07) is 5.22. The van der Waals surface area contributed by atoms with Crippen molar-refractivity contribution < 1.29 is 27.6 Å². The minimum atomic E-state index is -4.46. The molecule has 0 heterocycles. The number of hydrogen-bond donors (Lipinski definition) is 1. The number of ether oxygens (including phenoxy) is 1. The first-order chi connectivity index (χ1) is 6.95. The van der Waals surface area contributed by atoms with E-state index in [-0.39, 0.29) is 5.75 Å². The van der Waals surface area contributed by atoms with E-state index in [1.165, 1.54) is 29.6 Å². The molecule has 2 N–H and O–H groups in total. The predicted octanol–water partition coefficient (Wildman–Crippen LogP) is 1.91. The molecule has 2 nitrogen and oxygen atoms in total. The summed E-state index contributed by atoms with van der Waals surface area (Å²) < 4.78 is 52.2. The summed E-state index contributed by atoms with van der Waals surface area (Å²) in [5.41, 5.74) is 0.683. The molecule has 0 aliphatic rings. The minimum absolute atomic E-state index is 0.314. The summed E-state index contributed by atoms with van der Waals surface area (Å²) >= 11 is 0. The number of rotatable bonds is 4. The van der Waals surface area contributed by atoms with Gasteiger partial charge in [-0.3, -0.25) is 0 Å². The maximum absolute atomic E-state index is 12.4. The number of hydrogen-bond acceptors (Lipinski definition) is 1. The van der Waals surface area contributed by atoms with Crippen LogP contribution in [0.4, 0.5) is 23.2 Å². The first-order valence-electron chi connectivity index (χ1n) is 4.03. The van der Waals surface area contributed by atoms with Crippen LogP contribution in [-0.4, -0.2) is 12.5 Å². The van der Waals surface area contributed by atoms with Crippen molar-refractivity contribution in [3.8, 4) is 5.75 Å². The Labute approximate surface area is 83.9 Å². The van der Waals surface area contributed by atoms with Gasteiger partial charge in [0.05, 0.1) is 0 Å². The van der Waals surface area contributed by atoms with Gasteiger partial charge in [0.2, 0.25) is 0 Å². The quantitative estimate of drug-likeness (QED) is 0.471. The van der Waals surface area contributed by atoms with E-state index >= 15 is 0 Å². The van der Waals surface area contributed by atoms with Crippen LogP contribution in [0.1, 0.15) is 0 Å². The zero-order valence-corrected chi connectivity index (χ0v) is 7.59. The third-order valence-electron chi connectivity index (χ3n) is 1.62. The highest BCUT2D eigenvalue weighted by molar-refractivity contribution is 5.35. The van der Waals surface area contributed by atoms with Gasteiger partial charge in [-0.1, -0.05) is 0 Å². The van der Waals surface area contributed by atoms with Gasteiger partial charge in [0.15, 0.2) is 0 Å². The number of benzene rings is 1. The van der Waals surface area contributed by atoms with E-state index in [0.717, 1.165) is 0 Å². The zero-order valence-electron chi connectivity index (χ0n) is 7.59. The molecule has 15 heavy (non-hydrogen) atoms. The molecule has 0 aromatic heterocycles. The van der Waals surface area contributed by atoms with E-state index < -0.39 is 12.5 Å². The van der Waals surface area contributed by atoms with Crippen molar-refractivity contribution in [1.29, 1.82) is 0 Å². The molecule has 0 unspecified atom stereocenters. The second-order valence-electron chi connectivity index (χ2n) is 2.74. The fourth-order valence-corrected chi connectivity index (χ4v) is 0.874. The summed E-state index contributed by atoms with van der Waals surface area (Å²) in [6.07, 6.45) is -8.31. The lowest BCUT2D eigenvalue weighted by atomic mass is 10.3. The van der Waals surface area contributed by atoms with Gasteiger partial charge in [-0.05, 0) is 12.1 Å². The van der Waals surface area contributed by atoms with Gasteiger partial charge in [-0.15, -0.1) is 7.05 Å². The van der Waals surface area contributed by atoms with Crippen LogP contribution in [0.15, 0.2) is 24.3 Å². The molecule has 0 aliphatic heterocycles. The largest absolute Gasteiger partial charge is 0.461 e. The van der Waals surface area contributed by atoms with Crippen LogP contribution in [0.25, 0.3) is 0 Å². The lowest BCUT2D eigenvalue weighted by Gasteiger charge is -2.16. The van der Waals surface area contributed by atoms with Crippen LogP contribution in [0.3, 0.4) is 0 Å². The standard InChI is InChI=1S/C9H9F4NO/c1-14-6-2-4-7(5-3-6)15-9(12,13)8(10)11/h2-5,8H,1,14H2. The number of halogens is 4. The van der Waals surface area contributed by atoms with Gasteiger partial charge in [-0.25, -0.2) is 0 Å². The first kappa shape index (κ1) is 11.8. The van der Waals surface area contributed by atoms with Crippen molar-refractivity contribution in [3.63, 3.8) is 0 Å². The maximum Gasteiger partial charge on any atom is 0.461 e. The Morgan fingerprint density at radius 1 is 1.20 bits per heavy atom. The molecule has 84 valence electrons. The summed E-state index contributed by atoms with van der Waals surface area (Å²) in [5.74, 6) is -0.314. The fourth-order valence-electron chi connectivity index (χ4n) is 0.874. The van der Waals surface area contributed by atoms with Crippen molar-refractivity contribution >= 4 is 5.69 Å². The predicted molar refractivity (Wildman–Crippen MR) is 45.0 cm³/mol. The lowest BCUT2D eigenvalue weighted by molar-refractivity contribution is -0.504. The topological polar surface area (TPSA) is 25.8 Å². The van der Waals surface area contributed by atoms with Gasteiger partial charge in [0.1, 0.15) is 11.4 Å². The maximum atomic E-state index is 12.4. The molecule has 1 aromatic rings. The Morgan fingerprint density at radius 2 is 1.73 bits per heavy atom. The molecule has 1 aromatic carbocycles. The van der Waals surface area contributed by atoms with Gasteiger partial charge in [0.25, 0.3) is 0 Å². The Hall–Kier alpha value is -1.30. The minimum Gasteiger partial charge on any atom is -0.446 e. The lowest BCUT2D eigenvalue weighted by Crippen LogP contribution is -2.69. The molecule has 0 amide bonds. The normalized spacial score (nSPS) is 11.9. The molecular weight excluding hydrogens is 214 g/mol. The highest BCUT2D eigenvalue weighted by Gasteiger charge is 2.43. The third kappa shape index (κ3) is 3.09. The van der Waals surface area contributed by atoms with Crippen LogP contribution < -0.4 is 10.1 Å². The number of nitrogens with two attached hydrogens (primary N) is 1. The highest BCUT2D eigenvalue weighted by Crippen LogP contribution is 2.27. The average molecular weight is 223 g/mol. The molecule has 0 saturated carbocycles. The highest BCUT2D eigenvalue weighted by atomic mass is 19.3. The van der Waals surface area contributed by atoms with Crippen molar-refractivity contribution in [3.05, 3.63) is 31.3 Å². The van der Waals surface area contributed by atoms with Crippen LogP contribution >= 0.6 is 0 Å². The number of alkyl halides is 4. The Balaban J connectivity index is 2.73. The Kier molecular flexibility index (Phi) is 3.52. The third-order valence-corrected chi connectivity index (χ3v) is 1.62. The van der Waals surface area contributed by atoms with Crippen molar-refractivity contribution in [2.45, 2.75) is 12.5 Å². The number of quaternary nitrogens is 1. The van der Waals surface area contributed by atoms with E-state index in [0.29, 0.717) is 5.69 Å². The molecule has 0 saturated heterocycles. The van der Waals surface area contributed by atoms with E-state index in [2.05, 4.69) is 11.8 Å². The molecule has 0 spiro atoms. The molecular formula is C9H9F4NO. The van der Waals surface area contributed by atoms with Crippen LogP contribution in [0.2, 0.25) is 0 Å². The summed E-state index contributed by atoms with van der Waals surface area (Å²) in [5, 5.41) is 1.50. The molecule has 0 atom stereocenters. The SMILES string of the molecule is [CH2-][NH2+]c1ccc(OC(F)(F)C(F)F)cc1. The van der Waals surface area contributed by atoms with Gasteiger partial charge in [0, 0.05) is 12.1 Å². The van der Waals surface area contributed by atoms with E-state index in [9.17, 15) is 17.6 Å². The molecule has 6 heteroatoms. The molecule has 1 rings (SSSR count). The van der Waals surface area contributed by atoms with Crippen molar-refractivity contribution in [2.24, 2.45) is 0 Å². The van der Waals surface area contributed by atoms with Crippen molar-refractivity contribution in [2.75, 3.05) is 0 Å². The van der Waals surface area contributed by atoms with Crippen LogP contribution in [-0.2, 0) is 0 Å². The second kappa shape index (κ2) is 4.48.